The number of rotatable bonds is 2. The van der Waals surface area contributed by atoms with E-state index in [0.717, 1.165) is 0 Å². The van der Waals surface area contributed by atoms with Crippen LogP contribution in [0.3, 0.4) is 0 Å². The van der Waals surface area contributed by atoms with Crippen molar-refractivity contribution in [3.8, 4) is 17.9 Å². The van der Waals surface area contributed by atoms with Crippen molar-refractivity contribution in [1.82, 2.24) is 4.98 Å². The fourth-order valence-electron chi connectivity index (χ4n) is 3.09. The second kappa shape index (κ2) is 6.02. The summed E-state index contributed by atoms with van der Waals surface area (Å²) in [6, 6.07) is 11.0. The zero-order valence-electron chi connectivity index (χ0n) is 13.2. The van der Waals surface area contributed by atoms with E-state index in [0.29, 0.717) is 33.8 Å². The Labute approximate surface area is 138 Å². The normalized spacial score (nSPS) is 18.8. The maximum Gasteiger partial charge on any atom is 0.253 e. The van der Waals surface area contributed by atoms with Gasteiger partial charge in [-0.05, 0) is 25.1 Å². The standard InChI is InChI=1S/C18H14N4O2/c1-10-13(9-20)16(17-14(22-10)5-6-21-18(17)23)12-4-3-11(8-19)7-15(12)24-2/h3-7,13,16H,1-2H3,(H,21,23). The van der Waals surface area contributed by atoms with E-state index in [-0.39, 0.29) is 5.56 Å². The molecular formula is C18H14N4O2. The fourth-order valence-corrected chi connectivity index (χ4v) is 3.09. The van der Waals surface area contributed by atoms with Crippen molar-refractivity contribution in [3.05, 3.63) is 57.5 Å². The molecule has 0 aliphatic carbocycles. The molecule has 118 valence electrons. The molecule has 2 atom stereocenters. The first-order valence-corrected chi connectivity index (χ1v) is 7.35. The van der Waals surface area contributed by atoms with Gasteiger partial charge in [-0.15, -0.1) is 0 Å². The van der Waals surface area contributed by atoms with Crippen LogP contribution in [-0.2, 0) is 0 Å². The lowest BCUT2D eigenvalue weighted by Crippen LogP contribution is -2.29. The molecule has 2 heterocycles. The minimum absolute atomic E-state index is 0.277. The average Bonchev–Trinajstić information content (AvgIpc) is 2.60. The van der Waals surface area contributed by atoms with E-state index in [1.54, 1.807) is 31.2 Å². The molecule has 0 saturated heterocycles. The Balaban J connectivity index is 2.31. The molecular weight excluding hydrogens is 304 g/mol. The van der Waals surface area contributed by atoms with Crippen molar-refractivity contribution >= 4 is 11.4 Å². The highest BCUT2D eigenvalue weighted by atomic mass is 16.5. The van der Waals surface area contributed by atoms with Gasteiger partial charge in [0.25, 0.3) is 5.56 Å². The third kappa shape index (κ3) is 2.35. The molecule has 0 spiro atoms. The summed E-state index contributed by atoms with van der Waals surface area (Å²) in [5, 5.41) is 18.7. The fraction of sp³-hybridized carbons (Fsp3) is 0.222. The molecule has 0 amide bonds. The number of aliphatic imine (C=N–C) groups is 1. The van der Waals surface area contributed by atoms with Crippen LogP contribution in [0.1, 0.15) is 29.5 Å². The van der Waals surface area contributed by atoms with Gasteiger partial charge in [0.05, 0.1) is 42.0 Å². The number of nitrogens with zero attached hydrogens (tertiary/aromatic N) is 3. The Morgan fingerprint density at radius 2 is 2.08 bits per heavy atom. The quantitative estimate of drug-likeness (QED) is 0.919. The summed E-state index contributed by atoms with van der Waals surface area (Å²) in [5.41, 5.74) is 2.51. The van der Waals surface area contributed by atoms with Crippen LogP contribution in [-0.4, -0.2) is 17.8 Å². The molecule has 3 rings (SSSR count). The molecule has 6 heteroatoms. The van der Waals surface area contributed by atoms with E-state index in [9.17, 15) is 10.1 Å². The van der Waals surface area contributed by atoms with Gasteiger partial charge in [-0.2, -0.15) is 10.5 Å². The Bertz CT molecular complexity index is 976. The molecule has 1 aliphatic rings. The maximum absolute atomic E-state index is 12.4. The Kier molecular flexibility index (Phi) is 3.89. The highest BCUT2D eigenvalue weighted by Gasteiger charge is 2.36. The van der Waals surface area contributed by atoms with Crippen molar-refractivity contribution in [2.45, 2.75) is 12.8 Å². The number of H-pyrrole nitrogens is 1. The van der Waals surface area contributed by atoms with Crippen LogP contribution >= 0.6 is 0 Å². The van der Waals surface area contributed by atoms with Crippen LogP contribution in [0, 0.1) is 28.6 Å². The number of benzene rings is 1. The molecule has 1 aromatic carbocycles. The lowest BCUT2D eigenvalue weighted by Gasteiger charge is -2.28. The smallest absolute Gasteiger partial charge is 0.253 e. The maximum atomic E-state index is 12.4. The predicted octanol–water partition coefficient (Wildman–Crippen LogP) is 2.63. The van der Waals surface area contributed by atoms with Gasteiger partial charge in [0.15, 0.2) is 0 Å². The molecule has 1 aromatic heterocycles. The molecule has 0 bridgehead atoms. The van der Waals surface area contributed by atoms with Crippen molar-refractivity contribution < 1.29 is 4.74 Å². The number of hydrogen-bond donors (Lipinski definition) is 1. The first kappa shape index (κ1) is 15.5. The molecule has 6 nitrogen and oxygen atoms in total. The number of fused-ring (bicyclic) bond motifs is 1. The van der Waals surface area contributed by atoms with Crippen LogP contribution in [0.4, 0.5) is 5.69 Å². The van der Waals surface area contributed by atoms with Gasteiger partial charge >= 0.3 is 0 Å². The number of ether oxygens (including phenoxy) is 1. The largest absolute Gasteiger partial charge is 0.496 e. The number of aromatic amines is 1. The molecule has 0 saturated carbocycles. The summed E-state index contributed by atoms with van der Waals surface area (Å²) in [5.74, 6) is -0.610. The Hall–Kier alpha value is -3.38. The van der Waals surface area contributed by atoms with Gasteiger partial charge in [-0.3, -0.25) is 9.79 Å². The molecule has 0 fully saturated rings. The average molecular weight is 318 g/mol. The third-order valence-electron chi connectivity index (χ3n) is 4.20. The van der Waals surface area contributed by atoms with E-state index >= 15 is 0 Å². The van der Waals surface area contributed by atoms with E-state index in [4.69, 9.17) is 10.00 Å². The summed E-state index contributed by atoms with van der Waals surface area (Å²) < 4.78 is 5.41. The summed E-state index contributed by atoms with van der Waals surface area (Å²) in [6.07, 6.45) is 1.54. The van der Waals surface area contributed by atoms with Crippen LogP contribution in [0.25, 0.3) is 0 Å². The van der Waals surface area contributed by atoms with Gasteiger partial charge in [0.2, 0.25) is 0 Å². The molecule has 2 unspecified atom stereocenters. The second-order valence-electron chi connectivity index (χ2n) is 5.51. The number of pyridine rings is 1. The molecule has 24 heavy (non-hydrogen) atoms. The summed E-state index contributed by atoms with van der Waals surface area (Å²) in [4.78, 5) is 19.5. The van der Waals surface area contributed by atoms with Gasteiger partial charge in [0.1, 0.15) is 5.75 Å². The molecule has 1 N–H and O–H groups in total. The first-order chi connectivity index (χ1) is 11.6. The second-order valence-corrected chi connectivity index (χ2v) is 5.51. The Morgan fingerprint density at radius 3 is 2.75 bits per heavy atom. The van der Waals surface area contributed by atoms with E-state index in [1.165, 1.54) is 13.3 Å². The van der Waals surface area contributed by atoms with Crippen molar-refractivity contribution in [1.29, 1.82) is 10.5 Å². The lowest BCUT2D eigenvalue weighted by molar-refractivity contribution is 0.406. The first-order valence-electron chi connectivity index (χ1n) is 7.35. The summed E-state index contributed by atoms with van der Waals surface area (Å²) in [6.45, 7) is 1.78. The third-order valence-corrected chi connectivity index (χ3v) is 4.20. The van der Waals surface area contributed by atoms with Gasteiger partial charge in [0, 0.05) is 23.4 Å². The van der Waals surface area contributed by atoms with Gasteiger partial charge in [-0.25, -0.2) is 0 Å². The summed E-state index contributed by atoms with van der Waals surface area (Å²) in [7, 11) is 1.50. The number of aromatic nitrogens is 1. The number of nitriles is 2. The zero-order chi connectivity index (χ0) is 17.3. The zero-order valence-corrected chi connectivity index (χ0v) is 13.2. The molecule has 2 aromatic rings. The SMILES string of the molecule is COc1cc(C#N)ccc1C1c2c(cc[nH]c2=O)N=C(C)C1C#N. The molecule has 0 radical (unpaired) electrons. The van der Waals surface area contributed by atoms with Crippen molar-refractivity contribution in [3.63, 3.8) is 0 Å². The topological polar surface area (TPSA) is 102 Å². The summed E-state index contributed by atoms with van der Waals surface area (Å²) >= 11 is 0. The highest BCUT2D eigenvalue weighted by molar-refractivity contribution is 5.93. The predicted molar refractivity (Wildman–Crippen MR) is 88.5 cm³/mol. The van der Waals surface area contributed by atoms with Crippen LogP contribution < -0.4 is 10.3 Å². The highest BCUT2D eigenvalue weighted by Crippen LogP contribution is 2.43. The van der Waals surface area contributed by atoms with Gasteiger partial charge < -0.3 is 9.72 Å². The minimum atomic E-state index is -0.581. The minimum Gasteiger partial charge on any atom is -0.496 e. The van der Waals surface area contributed by atoms with Crippen LogP contribution in [0.15, 0.2) is 40.2 Å². The molecule has 1 aliphatic heterocycles. The van der Waals surface area contributed by atoms with Crippen LogP contribution in [0.5, 0.6) is 5.75 Å². The van der Waals surface area contributed by atoms with Crippen molar-refractivity contribution in [2.24, 2.45) is 10.9 Å². The van der Waals surface area contributed by atoms with E-state index in [1.807, 2.05) is 0 Å². The Morgan fingerprint density at radius 1 is 1.29 bits per heavy atom. The van der Waals surface area contributed by atoms with E-state index < -0.39 is 11.8 Å². The van der Waals surface area contributed by atoms with Crippen LogP contribution in [0.2, 0.25) is 0 Å². The number of nitrogens with one attached hydrogen (secondary N) is 1. The van der Waals surface area contributed by atoms with Crippen molar-refractivity contribution in [2.75, 3.05) is 7.11 Å². The monoisotopic (exact) mass is 318 g/mol. The van der Waals surface area contributed by atoms with E-state index in [2.05, 4.69) is 22.1 Å². The number of methoxy groups -OCH3 is 1. The lowest BCUT2D eigenvalue weighted by atomic mass is 9.76. The van der Waals surface area contributed by atoms with Gasteiger partial charge in [-0.1, -0.05) is 6.07 Å². The number of hydrogen-bond acceptors (Lipinski definition) is 5.